The first-order chi connectivity index (χ1) is 11.3. The summed E-state index contributed by atoms with van der Waals surface area (Å²) in [7, 11) is 0. The van der Waals surface area contributed by atoms with E-state index in [-0.39, 0.29) is 0 Å². The van der Waals surface area contributed by atoms with Crippen LogP contribution in [0.25, 0.3) is 0 Å². The van der Waals surface area contributed by atoms with Gasteiger partial charge in [-0.1, -0.05) is 62.2 Å². The average Bonchev–Trinajstić information content (AvgIpc) is 2.58. The number of nitrogens with one attached hydrogen (secondary N) is 1. The van der Waals surface area contributed by atoms with Crippen LogP contribution < -0.4 is 10.1 Å². The van der Waals surface area contributed by atoms with Crippen LogP contribution in [0, 0.1) is 6.92 Å². The van der Waals surface area contributed by atoms with Gasteiger partial charge >= 0.3 is 0 Å². The molecule has 0 spiro atoms. The zero-order chi connectivity index (χ0) is 16.3. The van der Waals surface area contributed by atoms with Crippen LogP contribution in [0.4, 0.5) is 0 Å². The summed E-state index contributed by atoms with van der Waals surface area (Å²) in [5.74, 6) is 1.02. The quantitative estimate of drug-likeness (QED) is 0.630. The number of rotatable bonds is 10. The monoisotopic (exact) mass is 311 g/mol. The molecule has 2 heteroatoms. The third-order valence-corrected chi connectivity index (χ3v) is 4.13. The molecule has 0 radical (unpaired) electrons. The van der Waals surface area contributed by atoms with Crippen molar-refractivity contribution in [3.63, 3.8) is 0 Å². The topological polar surface area (TPSA) is 21.3 Å². The lowest BCUT2D eigenvalue weighted by Crippen LogP contribution is -2.17. The molecule has 0 saturated carbocycles. The van der Waals surface area contributed by atoms with Crippen molar-refractivity contribution < 1.29 is 4.74 Å². The molecule has 0 bridgehead atoms. The van der Waals surface area contributed by atoms with Gasteiger partial charge in [0.1, 0.15) is 5.75 Å². The Labute approximate surface area is 140 Å². The maximum Gasteiger partial charge on any atom is 0.123 e. The maximum absolute atomic E-state index is 5.93. The third-order valence-electron chi connectivity index (χ3n) is 4.13. The number of ether oxygens (including phenoxy) is 1. The van der Waals surface area contributed by atoms with Gasteiger partial charge in [-0.15, -0.1) is 0 Å². The average molecular weight is 311 g/mol. The fraction of sp³-hybridized carbons (Fsp3) is 0.429. The van der Waals surface area contributed by atoms with Gasteiger partial charge in [-0.05, 0) is 43.5 Å². The molecular formula is C21H29NO. The number of para-hydroxylation sites is 1. The minimum atomic E-state index is 0.814. The van der Waals surface area contributed by atoms with Gasteiger partial charge in [0.15, 0.2) is 0 Å². The summed E-state index contributed by atoms with van der Waals surface area (Å²) in [6.07, 6.45) is 4.65. The third kappa shape index (κ3) is 6.07. The van der Waals surface area contributed by atoms with Crippen LogP contribution >= 0.6 is 0 Å². The Morgan fingerprint density at radius 3 is 2.43 bits per heavy atom. The van der Waals surface area contributed by atoms with Crippen molar-refractivity contribution in [1.82, 2.24) is 5.32 Å². The Balaban J connectivity index is 1.78. The number of benzene rings is 2. The molecule has 0 amide bonds. The van der Waals surface area contributed by atoms with Crippen LogP contribution in [0.2, 0.25) is 0 Å². The van der Waals surface area contributed by atoms with E-state index in [1.807, 2.05) is 6.07 Å². The van der Waals surface area contributed by atoms with Gasteiger partial charge in [0, 0.05) is 12.1 Å². The van der Waals surface area contributed by atoms with Crippen LogP contribution in [0.5, 0.6) is 5.75 Å². The first-order valence-electron chi connectivity index (χ1n) is 8.77. The predicted octanol–water partition coefficient (Wildman–Crippen LogP) is 4.90. The number of unbranched alkanes of at least 4 members (excludes halogenated alkanes) is 2. The summed E-state index contributed by atoms with van der Waals surface area (Å²) in [6.45, 7) is 7.04. The summed E-state index contributed by atoms with van der Waals surface area (Å²) >= 11 is 0. The lowest BCUT2D eigenvalue weighted by atomic mass is 10.1. The lowest BCUT2D eigenvalue weighted by Gasteiger charge is -2.12. The Bertz CT molecular complexity index is 580. The van der Waals surface area contributed by atoms with E-state index < -0.39 is 0 Å². The zero-order valence-electron chi connectivity index (χ0n) is 14.5. The molecule has 0 atom stereocenters. The molecule has 0 heterocycles. The van der Waals surface area contributed by atoms with Gasteiger partial charge in [0.2, 0.25) is 0 Å². The van der Waals surface area contributed by atoms with E-state index >= 15 is 0 Å². The summed E-state index contributed by atoms with van der Waals surface area (Å²) in [5, 5.41) is 3.54. The highest BCUT2D eigenvalue weighted by Crippen LogP contribution is 2.18. The first kappa shape index (κ1) is 17.6. The number of aryl methyl sites for hydroxylation is 1. The summed E-state index contributed by atoms with van der Waals surface area (Å²) in [6, 6.07) is 16.9. The van der Waals surface area contributed by atoms with Gasteiger partial charge in [-0.25, -0.2) is 0 Å². The Morgan fingerprint density at radius 2 is 1.65 bits per heavy atom. The molecule has 124 valence electrons. The fourth-order valence-corrected chi connectivity index (χ4v) is 2.66. The van der Waals surface area contributed by atoms with Gasteiger partial charge in [0.05, 0.1) is 6.61 Å². The van der Waals surface area contributed by atoms with Crippen molar-refractivity contribution in [2.24, 2.45) is 0 Å². The van der Waals surface area contributed by atoms with Crippen LogP contribution in [-0.4, -0.2) is 13.2 Å². The summed E-state index contributed by atoms with van der Waals surface area (Å²) in [5.41, 5.74) is 4.03. The largest absolute Gasteiger partial charge is 0.493 e. The van der Waals surface area contributed by atoms with Crippen LogP contribution in [-0.2, 0) is 13.0 Å². The van der Waals surface area contributed by atoms with Crippen molar-refractivity contribution >= 4 is 0 Å². The predicted molar refractivity (Wildman–Crippen MR) is 98.1 cm³/mol. The molecule has 2 nitrogen and oxygen atoms in total. The Hall–Kier alpha value is -1.80. The van der Waals surface area contributed by atoms with Crippen LogP contribution in [0.3, 0.4) is 0 Å². The second kappa shape index (κ2) is 10.1. The van der Waals surface area contributed by atoms with Gasteiger partial charge in [0.25, 0.3) is 0 Å². The lowest BCUT2D eigenvalue weighted by molar-refractivity contribution is 0.302. The van der Waals surface area contributed by atoms with Crippen molar-refractivity contribution in [2.75, 3.05) is 13.2 Å². The van der Waals surface area contributed by atoms with E-state index in [4.69, 9.17) is 4.74 Å². The zero-order valence-corrected chi connectivity index (χ0v) is 14.5. The molecule has 0 fully saturated rings. The Morgan fingerprint density at radius 1 is 0.913 bits per heavy atom. The first-order valence-corrected chi connectivity index (χ1v) is 8.77. The van der Waals surface area contributed by atoms with E-state index in [9.17, 15) is 0 Å². The molecule has 2 rings (SSSR count). The highest BCUT2D eigenvalue weighted by molar-refractivity contribution is 5.33. The van der Waals surface area contributed by atoms with Gasteiger partial charge < -0.3 is 10.1 Å². The molecule has 23 heavy (non-hydrogen) atoms. The van der Waals surface area contributed by atoms with E-state index in [0.717, 1.165) is 38.3 Å². The second-order valence-corrected chi connectivity index (χ2v) is 6.02. The van der Waals surface area contributed by atoms with Crippen LogP contribution in [0.15, 0.2) is 48.5 Å². The smallest absolute Gasteiger partial charge is 0.123 e. The van der Waals surface area contributed by atoms with Crippen molar-refractivity contribution in [3.05, 3.63) is 65.2 Å². The van der Waals surface area contributed by atoms with E-state index in [1.54, 1.807) is 0 Å². The number of hydrogen-bond acceptors (Lipinski definition) is 2. The van der Waals surface area contributed by atoms with Crippen molar-refractivity contribution in [2.45, 2.75) is 46.1 Å². The van der Waals surface area contributed by atoms with Gasteiger partial charge in [-0.3, -0.25) is 0 Å². The molecule has 2 aromatic rings. The molecule has 2 aromatic carbocycles. The highest BCUT2D eigenvalue weighted by atomic mass is 16.5. The minimum absolute atomic E-state index is 0.814. The Kier molecular flexibility index (Phi) is 7.68. The van der Waals surface area contributed by atoms with Crippen molar-refractivity contribution in [3.8, 4) is 5.75 Å². The standard InChI is InChI=1S/C21H29NO/c1-3-4-9-16-23-21-13-8-7-12-20(21)17-22-15-14-19-11-6-5-10-18(19)2/h5-8,10-13,22H,3-4,9,14-17H2,1-2H3. The van der Waals surface area contributed by atoms with Crippen LogP contribution in [0.1, 0.15) is 42.9 Å². The molecule has 0 aliphatic carbocycles. The van der Waals surface area contributed by atoms with E-state index in [1.165, 1.54) is 29.5 Å². The molecule has 0 aromatic heterocycles. The van der Waals surface area contributed by atoms with Gasteiger partial charge in [-0.2, -0.15) is 0 Å². The molecule has 0 unspecified atom stereocenters. The molecular weight excluding hydrogens is 282 g/mol. The highest BCUT2D eigenvalue weighted by Gasteiger charge is 2.03. The number of hydrogen-bond donors (Lipinski definition) is 1. The van der Waals surface area contributed by atoms with Crippen molar-refractivity contribution in [1.29, 1.82) is 0 Å². The minimum Gasteiger partial charge on any atom is -0.493 e. The van der Waals surface area contributed by atoms with E-state index in [2.05, 4.69) is 61.6 Å². The maximum atomic E-state index is 5.93. The molecule has 0 aliphatic rings. The summed E-state index contributed by atoms with van der Waals surface area (Å²) in [4.78, 5) is 0. The molecule has 1 N–H and O–H groups in total. The second-order valence-electron chi connectivity index (χ2n) is 6.02. The molecule has 0 saturated heterocycles. The fourth-order valence-electron chi connectivity index (χ4n) is 2.66. The molecule has 0 aliphatic heterocycles. The van der Waals surface area contributed by atoms with E-state index in [0.29, 0.717) is 0 Å². The normalized spacial score (nSPS) is 10.7. The summed E-state index contributed by atoms with van der Waals surface area (Å²) < 4.78 is 5.93. The SMILES string of the molecule is CCCCCOc1ccccc1CNCCc1ccccc1C.